The van der Waals surface area contributed by atoms with Gasteiger partial charge in [-0.3, -0.25) is 9.78 Å². The van der Waals surface area contributed by atoms with Crippen LogP contribution in [0.15, 0.2) is 15.8 Å². The minimum atomic E-state index is -1.18. The van der Waals surface area contributed by atoms with E-state index >= 15 is 0 Å². The number of aromatic amines is 1. The van der Waals surface area contributed by atoms with E-state index in [2.05, 4.69) is 12.2 Å². The molecule has 0 aliphatic heterocycles. The van der Waals surface area contributed by atoms with Crippen molar-refractivity contribution in [2.75, 3.05) is 0 Å². The molecule has 1 unspecified atom stereocenters. The van der Waals surface area contributed by atoms with Gasteiger partial charge in [0.25, 0.3) is 5.56 Å². The summed E-state index contributed by atoms with van der Waals surface area (Å²) in [5.41, 5.74) is -2.09. The molecule has 6 nitrogen and oxygen atoms in total. The lowest BCUT2D eigenvalue weighted by atomic mass is 10.2. The number of halogens is 2. The number of unbranched alkanes of at least 4 members (excludes halogenated alkanes) is 2. The number of nitrogens with one attached hydrogen (secondary N) is 2. The van der Waals surface area contributed by atoms with Crippen molar-refractivity contribution in [3.63, 3.8) is 0 Å². The van der Waals surface area contributed by atoms with Crippen LogP contribution in [0.4, 0.5) is 9.18 Å². The van der Waals surface area contributed by atoms with Crippen molar-refractivity contribution in [1.29, 1.82) is 0 Å². The van der Waals surface area contributed by atoms with Crippen LogP contribution in [0.1, 0.15) is 32.6 Å². The maximum Gasteiger partial charge on any atom is 0.336 e. The van der Waals surface area contributed by atoms with E-state index in [-0.39, 0.29) is 4.05 Å². The van der Waals surface area contributed by atoms with Gasteiger partial charge in [-0.1, -0.05) is 48.8 Å². The molecule has 8 heteroatoms. The molecule has 1 aromatic rings. The Labute approximate surface area is 122 Å². The zero-order valence-electron chi connectivity index (χ0n) is 10.4. The van der Waals surface area contributed by atoms with Gasteiger partial charge in [0.2, 0.25) is 5.82 Å². The first-order valence-corrected chi connectivity index (χ1v) is 7.16. The number of hydrogen-bond donors (Lipinski definition) is 2. The van der Waals surface area contributed by atoms with E-state index in [9.17, 15) is 18.8 Å². The molecule has 1 amide bonds. The second kappa shape index (κ2) is 7.41. The number of rotatable bonds is 5. The van der Waals surface area contributed by atoms with Crippen LogP contribution in [0.25, 0.3) is 0 Å². The molecule has 106 valence electrons. The average Bonchev–Trinajstić information content (AvgIpc) is 2.34. The fraction of sp³-hybridized carbons (Fsp3) is 0.545. The Hall–Kier alpha value is -1.19. The Morgan fingerprint density at radius 1 is 1.53 bits per heavy atom. The third-order valence-corrected chi connectivity index (χ3v) is 3.39. The van der Waals surface area contributed by atoms with Gasteiger partial charge in [0.05, 0.1) is 10.2 Å². The minimum absolute atomic E-state index is 0.154. The van der Waals surface area contributed by atoms with Gasteiger partial charge in [-0.2, -0.15) is 4.39 Å². The average molecular weight is 383 g/mol. The Bertz CT molecular complexity index is 555. The Kier molecular flexibility index (Phi) is 6.19. The summed E-state index contributed by atoms with van der Waals surface area (Å²) in [5, 5.41) is 2.56. The molecule has 0 bridgehead atoms. The summed E-state index contributed by atoms with van der Waals surface area (Å²) >= 11 is 2.04. The van der Waals surface area contributed by atoms with Crippen LogP contribution in [0.3, 0.4) is 0 Å². The largest absolute Gasteiger partial charge is 0.336 e. The second-order valence-corrected chi connectivity index (χ2v) is 5.52. The Morgan fingerprint density at radius 3 is 2.84 bits per heavy atom. The molecule has 0 spiro atoms. The molecule has 0 aromatic carbocycles. The highest BCUT2D eigenvalue weighted by molar-refractivity contribution is 14.1. The van der Waals surface area contributed by atoms with Gasteiger partial charge in [0.15, 0.2) is 0 Å². The van der Waals surface area contributed by atoms with Gasteiger partial charge < -0.3 is 5.32 Å². The standard InChI is InChI=1S/C11H15FIN3O3/c1-2-3-4-5-8(13)14-10(18)16-6-7(12)9(17)15-11(16)19/h6,8H,2-5H2,1H3,(H,14,18)(H,15,17,19). The fourth-order valence-electron chi connectivity index (χ4n) is 1.45. The van der Waals surface area contributed by atoms with Crippen LogP contribution in [-0.4, -0.2) is 19.6 Å². The number of hydrogen-bond acceptors (Lipinski definition) is 3. The predicted octanol–water partition coefficient (Wildman–Crippen LogP) is 1.57. The number of nitrogens with zero attached hydrogens (tertiary/aromatic N) is 1. The highest BCUT2D eigenvalue weighted by atomic mass is 127. The number of amides is 1. The third-order valence-electron chi connectivity index (χ3n) is 2.46. The van der Waals surface area contributed by atoms with E-state index in [1.807, 2.05) is 22.6 Å². The van der Waals surface area contributed by atoms with Gasteiger partial charge in [-0.05, 0) is 6.42 Å². The molecule has 0 fully saturated rings. The van der Waals surface area contributed by atoms with Crippen LogP contribution >= 0.6 is 22.6 Å². The zero-order valence-corrected chi connectivity index (χ0v) is 12.6. The SMILES string of the molecule is CCCCCC(I)NC(=O)n1cc(F)c(=O)[nH]c1=O. The van der Waals surface area contributed by atoms with Gasteiger partial charge in [-0.15, -0.1) is 0 Å². The predicted molar refractivity (Wildman–Crippen MR) is 77.2 cm³/mol. The zero-order chi connectivity index (χ0) is 14.4. The minimum Gasteiger partial charge on any atom is -0.326 e. The highest BCUT2D eigenvalue weighted by Gasteiger charge is 2.13. The molecule has 1 atom stereocenters. The molecule has 0 radical (unpaired) electrons. The summed E-state index contributed by atoms with van der Waals surface area (Å²) in [6, 6.07) is -0.754. The highest BCUT2D eigenvalue weighted by Crippen LogP contribution is 2.08. The molecule has 0 saturated heterocycles. The third kappa shape index (κ3) is 4.77. The first-order valence-electron chi connectivity index (χ1n) is 5.92. The van der Waals surface area contributed by atoms with Gasteiger partial charge in [0, 0.05) is 0 Å². The molecule has 0 saturated carbocycles. The van der Waals surface area contributed by atoms with Crippen molar-refractivity contribution in [2.24, 2.45) is 0 Å². The lowest BCUT2D eigenvalue weighted by Gasteiger charge is -2.12. The maximum atomic E-state index is 13.0. The number of carbonyl (C=O) groups excluding carboxylic acids is 1. The van der Waals surface area contributed by atoms with E-state index in [1.165, 1.54) is 0 Å². The van der Waals surface area contributed by atoms with E-state index in [0.29, 0.717) is 10.8 Å². The summed E-state index contributed by atoms with van der Waals surface area (Å²) in [4.78, 5) is 35.6. The van der Waals surface area contributed by atoms with Crippen LogP contribution in [0.2, 0.25) is 0 Å². The summed E-state index contributed by atoms with van der Waals surface area (Å²) in [5.74, 6) is -1.18. The van der Waals surface area contributed by atoms with Crippen molar-refractivity contribution in [2.45, 2.75) is 36.7 Å². The fourth-order valence-corrected chi connectivity index (χ4v) is 2.15. The van der Waals surface area contributed by atoms with Crippen molar-refractivity contribution >= 4 is 28.6 Å². The first kappa shape index (κ1) is 15.9. The first-order chi connectivity index (χ1) is 8.95. The van der Waals surface area contributed by atoms with Gasteiger partial charge >= 0.3 is 11.7 Å². The number of carbonyl (C=O) groups is 1. The molecule has 2 N–H and O–H groups in total. The smallest absolute Gasteiger partial charge is 0.326 e. The normalized spacial score (nSPS) is 12.2. The summed E-state index contributed by atoms with van der Waals surface area (Å²) in [6.07, 6.45) is 4.44. The quantitative estimate of drug-likeness (QED) is 0.351. The van der Waals surface area contributed by atoms with E-state index in [1.54, 1.807) is 4.98 Å². The topological polar surface area (TPSA) is 84.0 Å². The van der Waals surface area contributed by atoms with E-state index in [0.717, 1.165) is 25.7 Å². The molecule has 1 rings (SSSR count). The number of H-pyrrole nitrogens is 1. The Morgan fingerprint density at radius 2 is 2.21 bits per heavy atom. The van der Waals surface area contributed by atoms with E-state index < -0.39 is 23.1 Å². The van der Waals surface area contributed by atoms with Crippen LogP contribution < -0.4 is 16.6 Å². The van der Waals surface area contributed by atoms with Crippen molar-refractivity contribution < 1.29 is 9.18 Å². The van der Waals surface area contributed by atoms with Crippen molar-refractivity contribution in [3.05, 3.63) is 32.9 Å². The van der Waals surface area contributed by atoms with Crippen molar-refractivity contribution in [1.82, 2.24) is 14.9 Å². The van der Waals surface area contributed by atoms with Crippen LogP contribution in [-0.2, 0) is 0 Å². The molecule has 1 aromatic heterocycles. The summed E-state index contributed by atoms with van der Waals surface area (Å²) in [6.45, 7) is 2.07. The van der Waals surface area contributed by atoms with Crippen LogP contribution in [0.5, 0.6) is 0 Å². The van der Waals surface area contributed by atoms with E-state index in [4.69, 9.17) is 0 Å². The van der Waals surface area contributed by atoms with Crippen molar-refractivity contribution in [3.8, 4) is 0 Å². The number of alkyl halides is 1. The molecular formula is C11H15FIN3O3. The second-order valence-electron chi connectivity index (χ2n) is 4.02. The molecular weight excluding hydrogens is 368 g/mol. The van der Waals surface area contributed by atoms with Crippen LogP contribution in [0, 0.1) is 5.82 Å². The lowest BCUT2D eigenvalue weighted by Crippen LogP contribution is -2.42. The lowest BCUT2D eigenvalue weighted by molar-refractivity contribution is 0.240. The Balaban J connectivity index is 2.71. The summed E-state index contributed by atoms with van der Waals surface area (Å²) < 4.78 is 13.4. The molecule has 1 heterocycles. The molecule has 0 aliphatic carbocycles. The maximum absolute atomic E-state index is 13.0. The molecule has 0 aliphatic rings. The molecule has 19 heavy (non-hydrogen) atoms. The number of aromatic nitrogens is 2. The summed E-state index contributed by atoms with van der Waals surface area (Å²) in [7, 11) is 0. The monoisotopic (exact) mass is 383 g/mol. The van der Waals surface area contributed by atoms with Gasteiger partial charge in [-0.25, -0.2) is 14.2 Å². The van der Waals surface area contributed by atoms with Gasteiger partial charge in [0.1, 0.15) is 0 Å².